The molecule has 4 rings (SSSR count). The third kappa shape index (κ3) is 5.62. The van der Waals surface area contributed by atoms with Gasteiger partial charge in [-0.3, -0.25) is 9.78 Å². The molecule has 2 atom stereocenters. The van der Waals surface area contributed by atoms with E-state index in [0.717, 1.165) is 25.0 Å². The van der Waals surface area contributed by atoms with Crippen molar-refractivity contribution in [1.29, 1.82) is 0 Å². The fourth-order valence-corrected chi connectivity index (χ4v) is 4.34. The number of anilines is 1. The van der Waals surface area contributed by atoms with Crippen LogP contribution in [0.15, 0.2) is 54.7 Å². The molecule has 2 N–H and O–H groups in total. The second-order valence-electron chi connectivity index (χ2n) is 8.63. The number of carboxylic acids is 1. The lowest BCUT2D eigenvalue weighted by molar-refractivity contribution is -0.118. The van der Waals surface area contributed by atoms with Crippen molar-refractivity contribution in [2.24, 2.45) is 11.8 Å². The molecule has 188 valence electrons. The normalized spacial score (nSPS) is 14.8. The Bertz CT molecular complexity index is 1270. The van der Waals surface area contributed by atoms with Crippen LogP contribution in [-0.2, 0) is 4.79 Å². The quantitative estimate of drug-likeness (QED) is 0.333. The monoisotopic (exact) mass is 518 g/mol. The summed E-state index contributed by atoms with van der Waals surface area (Å²) in [7, 11) is 0. The van der Waals surface area contributed by atoms with Crippen molar-refractivity contribution in [2.75, 3.05) is 5.32 Å². The predicted octanol–water partition coefficient (Wildman–Crippen LogP) is 6.61. The molecule has 10 heteroatoms. The summed E-state index contributed by atoms with van der Waals surface area (Å²) in [6, 6.07) is 11.1. The van der Waals surface area contributed by atoms with Crippen molar-refractivity contribution in [3.63, 3.8) is 0 Å². The molecule has 3 aromatic rings. The summed E-state index contributed by atoms with van der Waals surface area (Å²) < 4.78 is 44.9. The fourth-order valence-electron chi connectivity index (χ4n) is 4.19. The van der Waals surface area contributed by atoms with Crippen LogP contribution < -0.4 is 10.1 Å². The van der Waals surface area contributed by atoms with Crippen molar-refractivity contribution >= 4 is 29.2 Å². The smallest absolute Gasteiger partial charge is 0.387 e. The molecule has 1 amide bonds. The Labute approximate surface area is 210 Å². The van der Waals surface area contributed by atoms with Gasteiger partial charge in [0.05, 0.1) is 27.8 Å². The van der Waals surface area contributed by atoms with Crippen LogP contribution >= 0.6 is 11.6 Å². The number of pyridine rings is 1. The van der Waals surface area contributed by atoms with Gasteiger partial charge in [0.25, 0.3) is 0 Å². The van der Waals surface area contributed by atoms with Crippen LogP contribution in [0.25, 0.3) is 11.1 Å². The van der Waals surface area contributed by atoms with Gasteiger partial charge in [-0.2, -0.15) is 8.78 Å². The summed E-state index contributed by atoms with van der Waals surface area (Å²) >= 11 is 5.86. The molecular weight excluding hydrogens is 497 g/mol. The average Bonchev–Trinajstić information content (AvgIpc) is 3.68. The first-order valence-corrected chi connectivity index (χ1v) is 11.6. The van der Waals surface area contributed by atoms with Crippen molar-refractivity contribution in [1.82, 2.24) is 4.98 Å². The van der Waals surface area contributed by atoms with Crippen molar-refractivity contribution in [3.05, 3.63) is 76.8 Å². The summed E-state index contributed by atoms with van der Waals surface area (Å²) in [6.45, 7) is -1.20. The maximum Gasteiger partial charge on any atom is 0.387 e. The van der Waals surface area contributed by atoms with Crippen LogP contribution in [0.1, 0.15) is 41.7 Å². The highest BCUT2D eigenvalue weighted by atomic mass is 35.5. The molecule has 0 bridgehead atoms. The van der Waals surface area contributed by atoms with Crippen LogP contribution in [0.3, 0.4) is 0 Å². The summed E-state index contributed by atoms with van der Waals surface area (Å²) in [5.74, 6) is -3.06. The molecule has 1 aliphatic rings. The third-order valence-corrected chi connectivity index (χ3v) is 6.53. The molecule has 36 heavy (non-hydrogen) atoms. The first-order valence-electron chi connectivity index (χ1n) is 11.2. The van der Waals surface area contributed by atoms with Crippen LogP contribution in [0.2, 0.25) is 5.02 Å². The Morgan fingerprint density at radius 1 is 1.11 bits per heavy atom. The van der Waals surface area contributed by atoms with E-state index in [9.17, 15) is 22.8 Å². The Hall–Kier alpha value is -3.59. The molecule has 2 aromatic carbocycles. The van der Waals surface area contributed by atoms with Gasteiger partial charge in [0.15, 0.2) is 5.82 Å². The molecule has 0 saturated heterocycles. The van der Waals surface area contributed by atoms with Crippen LogP contribution in [0, 0.1) is 17.7 Å². The molecule has 1 heterocycles. The lowest BCUT2D eigenvalue weighted by atomic mass is 9.85. The number of aromatic nitrogens is 1. The van der Waals surface area contributed by atoms with E-state index in [1.54, 1.807) is 6.07 Å². The zero-order valence-electron chi connectivity index (χ0n) is 19.1. The largest absolute Gasteiger partial charge is 0.478 e. The second kappa shape index (κ2) is 10.6. The molecule has 0 aliphatic heterocycles. The summed E-state index contributed by atoms with van der Waals surface area (Å²) in [5, 5.41) is 11.6. The zero-order valence-corrected chi connectivity index (χ0v) is 19.8. The van der Waals surface area contributed by atoms with Gasteiger partial charge in [-0.05, 0) is 67.1 Å². The van der Waals surface area contributed by atoms with Crippen LogP contribution in [0.5, 0.6) is 5.75 Å². The molecular formula is C26H22ClF3N2O4. The minimum Gasteiger partial charge on any atom is -0.478 e. The number of nitrogens with zero attached hydrogens (tertiary/aromatic N) is 1. The summed E-state index contributed by atoms with van der Waals surface area (Å²) in [4.78, 5) is 28.7. The second-order valence-corrected chi connectivity index (χ2v) is 9.04. The number of amides is 1. The topological polar surface area (TPSA) is 88.5 Å². The van der Waals surface area contributed by atoms with Gasteiger partial charge < -0.3 is 15.2 Å². The van der Waals surface area contributed by atoms with E-state index in [1.165, 1.54) is 36.5 Å². The van der Waals surface area contributed by atoms with Crippen molar-refractivity contribution < 1.29 is 32.6 Å². The number of ether oxygens (including phenoxy) is 1. The molecule has 1 saturated carbocycles. The number of aromatic carboxylic acids is 1. The van der Waals surface area contributed by atoms with E-state index >= 15 is 0 Å². The van der Waals surface area contributed by atoms with Gasteiger partial charge in [0, 0.05) is 17.4 Å². The lowest BCUT2D eigenvalue weighted by Gasteiger charge is -2.23. The molecule has 1 aliphatic carbocycles. The number of halogens is 4. The maximum absolute atomic E-state index is 14.8. The molecule has 0 spiro atoms. The molecule has 0 radical (unpaired) electrons. The first kappa shape index (κ1) is 25.5. The number of hydrogen-bond acceptors (Lipinski definition) is 4. The van der Waals surface area contributed by atoms with Gasteiger partial charge in [0.1, 0.15) is 5.75 Å². The Kier molecular flexibility index (Phi) is 7.49. The zero-order chi connectivity index (χ0) is 26.0. The van der Waals surface area contributed by atoms with Crippen molar-refractivity contribution in [3.8, 4) is 16.9 Å². The van der Waals surface area contributed by atoms with E-state index < -0.39 is 24.3 Å². The fraction of sp³-hybridized carbons (Fsp3) is 0.269. The number of carbonyl (C=O) groups excluding carboxylic acids is 1. The average molecular weight is 519 g/mol. The number of alkyl halides is 2. The van der Waals surface area contributed by atoms with E-state index in [4.69, 9.17) is 16.7 Å². The summed E-state index contributed by atoms with van der Waals surface area (Å²) in [5.41, 5.74) is 0.867. The number of hydrogen-bond donors (Lipinski definition) is 2. The van der Waals surface area contributed by atoms with Gasteiger partial charge in [0.2, 0.25) is 5.91 Å². The highest BCUT2D eigenvalue weighted by Crippen LogP contribution is 2.44. The minimum atomic E-state index is -3.16. The molecule has 1 fully saturated rings. The van der Waals surface area contributed by atoms with E-state index in [1.807, 2.05) is 6.92 Å². The number of carboxylic acid groups (broad SMARTS) is 1. The van der Waals surface area contributed by atoms with E-state index in [-0.39, 0.29) is 39.3 Å². The molecule has 2 unspecified atom stereocenters. The summed E-state index contributed by atoms with van der Waals surface area (Å²) in [6.07, 6.45) is 3.26. The van der Waals surface area contributed by atoms with Gasteiger partial charge in [-0.25, -0.2) is 9.18 Å². The predicted molar refractivity (Wildman–Crippen MR) is 128 cm³/mol. The number of carbonyl (C=O) groups is 2. The standard InChI is InChI=1S/C26H22ClF3N2O4/c1-13(14-2-3-14)21(24(33)32-17-7-4-15(5-8-17)25(34)35)19-10-6-16(12-31-19)22-20(36-26(29)30)11-9-18(27)23(22)28/h4-14,21,26H,2-3H2,1H3,(H,32,33)(H,34,35). The Morgan fingerprint density at radius 2 is 1.81 bits per heavy atom. The Morgan fingerprint density at radius 3 is 2.36 bits per heavy atom. The van der Waals surface area contributed by atoms with Gasteiger partial charge in [-0.1, -0.05) is 24.6 Å². The highest BCUT2D eigenvalue weighted by Gasteiger charge is 2.38. The van der Waals surface area contributed by atoms with E-state index in [2.05, 4.69) is 15.0 Å². The van der Waals surface area contributed by atoms with E-state index in [0.29, 0.717) is 17.3 Å². The number of rotatable bonds is 9. The van der Waals surface area contributed by atoms with Crippen molar-refractivity contribution in [2.45, 2.75) is 32.3 Å². The number of benzene rings is 2. The van der Waals surface area contributed by atoms with Gasteiger partial charge in [-0.15, -0.1) is 0 Å². The molecule has 1 aromatic heterocycles. The van der Waals surface area contributed by atoms with Crippen LogP contribution in [0.4, 0.5) is 18.9 Å². The SMILES string of the molecule is CC(C1CC1)C(C(=O)Nc1ccc(C(=O)O)cc1)c1ccc(-c2c(OC(F)F)ccc(Cl)c2F)cn1. The molecule has 6 nitrogen and oxygen atoms in total. The van der Waals surface area contributed by atoms with Crippen LogP contribution in [-0.4, -0.2) is 28.6 Å². The highest BCUT2D eigenvalue weighted by molar-refractivity contribution is 6.31. The maximum atomic E-state index is 14.8. The third-order valence-electron chi connectivity index (χ3n) is 6.24. The minimum absolute atomic E-state index is 0.0534. The van der Waals surface area contributed by atoms with Gasteiger partial charge >= 0.3 is 12.6 Å². The first-order chi connectivity index (χ1) is 17.2. The lowest BCUT2D eigenvalue weighted by Crippen LogP contribution is -2.28. The number of nitrogens with one attached hydrogen (secondary N) is 1. The Balaban J connectivity index is 1.63.